The van der Waals surface area contributed by atoms with Crippen LogP contribution in [-0.2, 0) is 20.8 Å². The Bertz CT molecular complexity index is 896. The largest absolute Gasteiger partial charge is 0.344 e. The van der Waals surface area contributed by atoms with E-state index in [2.05, 4.69) is 15.5 Å². The minimum absolute atomic E-state index is 0.0412. The van der Waals surface area contributed by atoms with Gasteiger partial charge in [0.15, 0.2) is 0 Å². The van der Waals surface area contributed by atoms with Crippen LogP contribution in [0.25, 0.3) is 0 Å². The van der Waals surface area contributed by atoms with Gasteiger partial charge in [-0.05, 0) is 37.0 Å². The molecule has 8 heteroatoms. The number of nitrogens with one attached hydrogen (secondary N) is 2. The predicted octanol–water partition coefficient (Wildman–Crippen LogP) is 3.15. The molecular formula is C27H39ClN4O3. The van der Waals surface area contributed by atoms with Crippen molar-refractivity contribution in [3.05, 3.63) is 34.9 Å². The molecule has 3 aliphatic rings. The summed E-state index contributed by atoms with van der Waals surface area (Å²) >= 11 is 6.04. The van der Waals surface area contributed by atoms with Gasteiger partial charge in [-0.3, -0.25) is 14.4 Å². The maximum atomic E-state index is 13.7. The molecule has 0 spiro atoms. The van der Waals surface area contributed by atoms with E-state index >= 15 is 0 Å². The Morgan fingerprint density at radius 2 is 1.77 bits per heavy atom. The summed E-state index contributed by atoms with van der Waals surface area (Å²) in [4.78, 5) is 43.5. The van der Waals surface area contributed by atoms with Gasteiger partial charge in [0.25, 0.3) is 0 Å². The molecule has 1 saturated carbocycles. The van der Waals surface area contributed by atoms with Crippen LogP contribution in [0.1, 0.15) is 64.4 Å². The second-order valence-electron chi connectivity index (χ2n) is 10.7. The first-order chi connectivity index (χ1) is 16.8. The maximum absolute atomic E-state index is 13.7. The molecule has 3 amide bonds. The Labute approximate surface area is 213 Å². The highest BCUT2D eigenvalue weighted by atomic mass is 35.5. The zero-order valence-corrected chi connectivity index (χ0v) is 21.7. The number of rotatable bonds is 9. The molecule has 3 fully saturated rings. The summed E-state index contributed by atoms with van der Waals surface area (Å²) < 4.78 is 0. The van der Waals surface area contributed by atoms with Gasteiger partial charge in [0.2, 0.25) is 17.7 Å². The van der Waals surface area contributed by atoms with Crippen molar-refractivity contribution in [3.8, 4) is 0 Å². The van der Waals surface area contributed by atoms with Crippen molar-refractivity contribution in [1.82, 2.24) is 20.4 Å². The fraction of sp³-hybridized carbons (Fsp3) is 0.667. The van der Waals surface area contributed by atoms with Crippen LogP contribution in [0.5, 0.6) is 0 Å². The third-order valence-electron chi connectivity index (χ3n) is 7.50. The molecule has 192 valence electrons. The molecular weight excluding hydrogens is 464 g/mol. The van der Waals surface area contributed by atoms with Gasteiger partial charge in [-0.25, -0.2) is 0 Å². The molecule has 7 nitrogen and oxygen atoms in total. The van der Waals surface area contributed by atoms with Crippen LogP contribution in [0.2, 0.25) is 5.02 Å². The summed E-state index contributed by atoms with van der Waals surface area (Å²) in [5, 5.41) is 6.77. The van der Waals surface area contributed by atoms with Crippen molar-refractivity contribution < 1.29 is 14.4 Å². The van der Waals surface area contributed by atoms with E-state index in [4.69, 9.17) is 11.6 Å². The third kappa shape index (κ3) is 6.98. The van der Waals surface area contributed by atoms with Crippen molar-refractivity contribution in [2.75, 3.05) is 19.6 Å². The summed E-state index contributed by atoms with van der Waals surface area (Å²) in [7, 11) is 0. The Morgan fingerprint density at radius 3 is 2.40 bits per heavy atom. The van der Waals surface area contributed by atoms with Crippen molar-refractivity contribution in [2.24, 2.45) is 5.92 Å². The highest BCUT2D eigenvalue weighted by Crippen LogP contribution is 2.29. The van der Waals surface area contributed by atoms with E-state index in [0.29, 0.717) is 31.0 Å². The van der Waals surface area contributed by atoms with Crippen LogP contribution in [-0.4, -0.2) is 71.3 Å². The number of carbonyl (C=O) groups is 3. The zero-order chi connectivity index (χ0) is 24.9. The van der Waals surface area contributed by atoms with Crippen LogP contribution < -0.4 is 10.6 Å². The van der Waals surface area contributed by atoms with Crippen molar-refractivity contribution in [3.63, 3.8) is 0 Å². The van der Waals surface area contributed by atoms with E-state index in [1.807, 2.05) is 30.9 Å². The number of hydrogen-bond acceptors (Lipinski definition) is 4. The normalized spacial score (nSPS) is 23.3. The molecule has 1 aromatic carbocycles. The van der Waals surface area contributed by atoms with E-state index in [-0.39, 0.29) is 41.8 Å². The maximum Gasteiger partial charge on any atom is 0.245 e. The first kappa shape index (κ1) is 26.0. The Hall–Kier alpha value is -2.12. The zero-order valence-electron chi connectivity index (χ0n) is 21.0. The van der Waals surface area contributed by atoms with Gasteiger partial charge in [-0.2, -0.15) is 0 Å². The van der Waals surface area contributed by atoms with Gasteiger partial charge >= 0.3 is 0 Å². The van der Waals surface area contributed by atoms with Crippen LogP contribution in [0.3, 0.4) is 0 Å². The highest BCUT2D eigenvalue weighted by Gasteiger charge is 2.39. The predicted molar refractivity (Wildman–Crippen MR) is 137 cm³/mol. The molecule has 35 heavy (non-hydrogen) atoms. The summed E-state index contributed by atoms with van der Waals surface area (Å²) in [6, 6.07) is 7.30. The van der Waals surface area contributed by atoms with Crippen molar-refractivity contribution >= 4 is 29.3 Å². The fourth-order valence-corrected chi connectivity index (χ4v) is 5.59. The lowest BCUT2D eigenvalue weighted by Crippen LogP contribution is -2.53. The molecule has 2 N–H and O–H groups in total. The van der Waals surface area contributed by atoms with Gasteiger partial charge in [-0.15, -0.1) is 0 Å². The molecule has 0 radical (unpaired) electrons. The van der Waals surface area contributed by atoms with Crippen molar-refractivity contribution in [2.45, 2.75) is 89.4 Å². The number of amides is 3. The fourth-order valence-electron chi connectivity index (χ4n) is 5.47. The molecule has 0 bridgehead atoms. The molecule has 3 atom stereocenters. The summed E-state index contributed by atoms with van der Waals surface area (Å²) in [6.45, 7) is 5.91. The first-order valence-corrected chi connectivity index (χ1v) is 13.6. The number of carbonyl (C=O) groups excluding carboxylic acids is 3. The van der Waals surface area contributed by atoms with Gasteiger partial charge in [-0.1, -0.05) is 56.8 Å². The van der Waals surface area contributed by atoms with E-state index in [0.717, 1.165) is 44.2 Å². The number of benzene rings is 1. The van der Waals surface area contributed by atoms with Crippen LogP contribution in [0.15, 0.2) is 24.3 Å². The molecule has 1 aliphatic carbocycles. The first-order valence-electron chi connectivity index (χ1n) is 13.2. The summed E-state index contributed by atoms with van der Waals surface area (Å²) in [5.41, 5.74) is 0.951. The van der Waals surface area contributed by atoms with Crippen LogP contribution in [0.4, 0.5) is 0 Å². The van der Waals surface area contributed by atoms with Crippen LogP contribution >= 0.6 is 11.6 Å². The SMILES string of the molecule is CC(C)C(=O)N(C1CCCCC1)C1CCN(C(=O)C(Cc2ccc(Cl)cc2)NC(=O)CC2CN2)C1. The minimum Gasteiger partial charge on any atom is -0.344 e. The second kappa shape index (κ2) is 11.7. The monoisotopic (exact) mass is 502 g/mol. The Balaban J connectivity index is 1.46. The number of nitrogens with zero attached hydrogens (tertiary/aromatic N) is 2. The number of likely N-dealkylation sites (tertiary alicyclic amines) is 1. The summed E-state index contributed by atoms with van der Waals surface area (Å²) in [6.07, 6.45) is 7.23. The molecule has 2 heterocycles. The lowest BCUT2D eigenvalue weighted by Gasteiger charge is -2.39. The Morgan fingerprint density at radius 1 is 1.09 bits per heavy atom. The average Bonchev–Trinajstić information content (AvgIpc) is 3.53. The number of halogens is 1. The molecule has 4 rings (SSSR count). The highest BCUT2D eigenvalue weighted by molar-refractivity contribution is 6.30. The molecule has 2 saturated heterocycles. The topological polar surface area (TPSA) is 91.7 Å². The quantitative estimate of drug-likeness (QED) is 0.507. The minimum atomic E-state index is -0.634. The van der Waals surface area contributed by atoms with Gasteiger partial charge in [0, 0.05) is 55.5 Å². The van der Waals surface area contributed by atoms with Gasteiger partial charge in [0.05, 0.1) is 6.04 Å². The summed E-state index contributed by atoms with van der Waals surface area (Å²) in [5.74, 6) is -0.0455. The van der Waals surface area contributed by atoms with Crippen molar-refractivity contribution in [1.29, 1.82) is 0 Å². The third-order valence-corrected chi connectivity index (χ3v) is 7.75. The molecule has 0 aromatic heterocycles. The van der Waals surface area contributed by atoms with E-state index in [9.17, 15) is 14.4 Å². The van der Waals surface area contributed by atoms with Crippen LogP contribution in [0, 0.1) is 5.92 Å². The van der Waals surface area contributed by atoms with Gasteiger partial charge in [0.1, 0.15) is 6.04 Å². The van der Waals surface area contributed by atoms with E-state index < -0.39 is 6.04 Å². The lowest BCUT2D eigenvalue weighted by atomic mass is 9.92. The number of hydrogen-bond donors (Lipinski definition) is 2. The molecule has 3 unspecified atom stereocenters. The van der Waals surface area contributed by atoms with E-state index in [1.165, 1.54) is 6.42 Å². The van der Waals surface area contributed by atoms with Gasteiger partial charge < -0.3 is 20.4 Å². The second-order valence-corrected chi connectivity index (χ2v) is 11.1. The molecule has 2 aliphatic heterocycles. The Kier molecular flexibility index (Phi) is 8.71. The lowest BCUT2D eigenvalue weighted by molar-refractivity contribution is -0.141. The smallest absolute Gasteiger partial charge is 0.245 e. The average molecular weight is 503 g/mol. The van der Waals surface area contributed by atoms with E-state index in [1.54, 1.807) is 12.1 Å². The standard InChI is InChI=1S/C27H39ClN4O3/c1-18(2)26(34)32(22-6-4-3-5-7-22)23-12-13-31(17-23)27(35)24(30-25(33)15-21-16-29-21)14-19-8-10-20(28)11-9-19/h8-11,18,21-24,29H,3-7,12-17H2,1-2H3,(H,30,33). The molecule has 1 aromatic rings.